The zero-order valence-corrected chi connectivity index (χ0v) is 18.6. The van der Waals surface area contributed by atoms with Crippen LogP contribution in [0.25, 0.3) is 17.2 Å². The number of aliphatic hydroxyl groups is 1. The van der Waals surface area contributed by atoms with Crippen molar-refractivity contribution in [2.45, 2.75) is 39.5 Å². The second kappa shape index (κ2) is 10.2. The van der Waals surface area contributed by atoms with Gasteiger partial charge in [0.15, 0.2) is 11.2 Å². The van der Waals surface area contributed by atoms with Crippen molar-refractivity contribution in [1.82, 2.24) is 19.1 Å². The number of aryl methyl sites for hydroxylation is 1. The number of H-pyrrole nitrogens is 1. The molecule has 1 atom stereocenters. The van der Waals surface area contributed by atoms with Crippen molar-refractivity contribution in [1.29, 1.82) is 0 Å². The quantitative estimate of drug-likeness (QED) is 0.343. The van der Waals surface area contributed by atoms with Gasteiger partial charge in [0, 0.05) is 7.05 Å². The van der Waals surface area contributed by atoms with Crippen molar-refractivity contribution in [3.63, 3.8) is 0 Å². The smallest absolute Gasteiger partial charge is 0.329 e. The summed E-state index contributed by atoms with van der Waals surface area (Å²) in [5.41, 5.74) is 3.72. The minimum atomic E-state index is -0.893. The van der Waals surface area contributed by atoms with Gasteiger partial charge in [0.1, 0.15) is 0 Å². The third-order valence-corrected chi connectivity index (χ3v) is 4.67. The molecule has 0 aliphatic rings. The molecule has 0 aliphatic carbocycles. The molecule has 0 radical (unpaired) electrons. The fourth-order valence-electron chi connectivity index (χ4n) is 3.02. The predicted octanol–water partition coefficient (Wildman–Crippen LogP) is 1.71. The van der Waals surface area contributed by atoms with Gasteiger partial charge >= 0.3 is 5.69 Å². The molecule has 0 saturated heterocycles. The van der Waals surface area contributed by atoms with Gasteiger partial charge in [-0.15, -0.1) is 0 Å². The topological polar surface area (TPSA) is 127 Å². The van der Waals surface area contributed by atoms with Crippen LogP contribution in [-0.2, 0) is 18.3 Å². The van der Waals surface area contributed by atoms with Crippen molar-refractivity contribution >= 4 is 28.9 Å². The zero-order valence-electron chi connectivity index (χ0n) is 18.6. The molecule has 0 fully saturated rings. The summed E-state index contributed by atoms with van der Waals surface area (Å²) in [7, 11) is 1.51. The average Bonchev–Trinajstić information content (AvgIpc) is 3.12. The highest BCUT2D eigenvalue weighted by molar-refractivity contribution is 5.96. The van der Waals surface area contributed by atoms with Crippen LogP contribution >= 0.6 is 0 Å². The first kappa shape index (κ1) is 23.2. The number of aromatic nitrogens is 4. The molecule has 3 aromatic rings. The molecule has 10 heteroatoms. The lowest BCUT2D eigenvalue weighted by Gasteiger charge is -2.15. The Morgan fingerprint density at radius 3 is 2.72 bits per heavy atom. The van der Waals surface area contributed by atoms with E-state index in [0.29, 0.717) is 5.71 Å². The lowest BCUT2D eigenvalue weighted by Crippen LogP contribution is -2.30. The van der Waals surface area contributed by atoms with Crippen LogP contribution < -0.4 is 16.7 Å². The van der Waals surface area contributed by atoms with E-state index in [9.17, 15) is 14.7 Å². The molecule has 0 spiro atoms. The molecule has 32 heavy (non-hydrogen) atoms. The van der Waals surface area contributed by atoms with E-state index in [1.165, 1.54) is 16.2 Å². The van der Waals surface area contributed by atoms with Gasteiger partial charge in [0.05, 0.1) is 31.1 Å². The van der Waals surface area contributed by atoms with Gasteiger partial charge in [0.25, 0.3) is 5.56 Å². The number of anilines is 1. The normalized spacial score (nSPS) is 13.4. The minimum Gasteiger partial charge on any atom is -0.389 e. The first-order valence-electron chi connectivity index (χ1n) is 10.3. The predicted molar refractivity (Wildman–Crippen MR) is 125 cm³/mol. The fourth-order valence-corrected chi connectivity index (χ4v) is 3.02. The molecule has 170 valence electrons. The van der Waals surface area contributed by atoms with Crippen LogP contribution in [-0.4, -0.2) is 48.7 Å². The van der Waals surface area contributed by atoms with Crippen molar-refractivity contribution < 1.29 is 9.84 Å². The fraction of sp³-hybridized carbons (Fsp3) is 0.364. The minimum absolute atomic E-state index is 0.0290. The molecule has 0 amide bonds. The molecule has 0 unspecified atom stereocenters. The van der Waals surface area contributed by atoms with E-state index in [-0.39, 0.29) is 36.4 Å². The van der Waals surface area contributed by atoms with E-state index in [1.54, 1.807) is 0 Å². The average molecular weight is 441 g/mol. The summed E-state index contributed by atoms with van der Waals surface area (Å²) in [4.78, 5) is 31.2. The Bertz CT molecular complexity index is 1240. The zero-order chi connectivity index (χ0) is 23.3. The largest absolute Gasteiger partial charge is 0.389 e. The molecule has 2 heterocycles. The highest BCUT2D eigenvalue weighted by atomic mass is 16.5. The van der Waals surface area contributed by atoms with Crippen molar-refractivity contribution in [2.75, 3.05) is 12.0 Å². The van der Waals surface area contributed by atoms with Gasteiger partial charge < -0.3 is 14.4 Å². The SMILES string of the molecule is CC(/C=C/c1ccccc1)=N\Nc1nc2c(c(=O)[nH]c(=O)n2C)n1C[C@H](O)COC(C)C. The summed E-state index contributed by atoms with van der Waals surface area (Å²) >= 11 is 0. The Morgan fingerprint density at radius 2 is 2.03 bits per heavy atom. The van der Waals surface area contributed by atoms with Gasteiger partial charge in [-0.25, -0.2) is 10.2 Å². The maximum atomic E-state index is 12.5. The van der Waals surface area contributed by atoms with Crippen LogP contribution in [0.15, 0.2) is 51.1 Å². The standard InChI is InChI=1S/C22H28N6O4/c1-14(2)32-13-17(29)12-28-18-19(27(4)22(31)24-20(18)30)23-21(28)26-25-15(3)10-11-16-8-6-5-7-9-16/h5-11,14,17,29H,12-13H2,1-4H3,(H,23,26)(H,24,30,31)/b11-10+,25-15+/t17-/m0/s1. The van der Waals surface area contributed by atoms with E-state index in [0.717, 1.165) is 5.56 Å². The number of aliphatic hydroxyl groups excluding tert-OH is 1. The van der Waals surface area contributed by atoms with Crippen molar-refractivity contribution in [3.05, 3.63) is 62.8 Å². The van der Waals surface area contributed by atoms with Gasteiger partial charge in [-0.05, 0) is 32.4 Å². The van der Waals surface area contributed by atoms with Crippen LogP contribution in [0.3, 0.4) is 0 Å². The molecular weight excluding hydrogens is 412 g/mol. The summed E-state index contributed by atoms with van der Waals surface area (Å²) in [5, 5.41) is 14.7. The van der Waals surface area contributed by atoms with Crippen LogP contribution in [0.5, 0.6) is 0 Å². The van der Waals surface area contributed by atoms with E-state index in [1.807, 2.05) is 63.3 Å². The van der Waals surface area contributed by atoms with Gasteiger partial charge in [-0.2, -0.15) is 10.1 Å². The molecule has 10 nitrogen and oxygen atoms in total. The monoisotopic (exact) mass is 440 g/mol. The molecule has 0 saturated carbocycles. The van der Waals surface area contributed by atoms with E-state index < -0.39 is 17.4 Å². The first-order chi connectivity index (χ1) is 15.3. The maximum Gasteiger partial charge on any atom is 0.329 e. The van der Waals surface area contributed by atoms with E-state index in [2.05, 4.69) is 20.5 Å². The summed E-state index contributed by atoms with van der Waals surface area (Å²) in [6, 6.07) is 9.79. The first-order valence-corrected chi connectivity index (χ1v) is 10.3. The van der Waals surface area contributed by atoms with E-state index >= 15 is 0 Å². The number of fused-ring (bicyclic) bond motifs is 1. The van der Waals surface area contributed by atoms with Gasteiger partial charge in [-0.1, -0.05) is 36.4 Å². The second-order valence-electron chi connectivity index (χ2n) is 7.68. The van der Waals surface area contributed by atoms with Crippen molar-refractivity contribution in [3.8, 4) is 0 Å². The molecule has 3 N–H and O–H groups in total. The van der Waals surface area contributed by atoms with Crippen LogP contribution in [0.1, 0.15) is 26.3 Å². The molecular formula is C22H28N6O4. The number of nitrogens with zero attached hydrogens (tertiary/aromatic N) is 4. The summed E-state index contributed by atoms with van der Waals surface area (Å²) < 4.78 is 8.20. The number of hydrogen-bond acceptors (Lipinski definition) is 7. The highest BCUT2D eigenvalue weighted by Crippen LogP contribution is 2.16. The third-order valence-electron chi connectivity index (χ3n) is 4.67. The lowest BCUT2D eigenvalue weighted by molar-refractivity contribution is -0.000105. The Kier molecular flexibility index (Phi) is 7.39. The second-order valence-corrected chi connectivity index (χ2v) is 7.68. The number of aromatic amines is 1. The number of rotatable bonds is 9. The van der Waals surface area contributed by atoms with Crippen molar-refractivity contribution in [2.24, 2.45) is 12.1 Å². The molecule has 2 aromatic heterocycles. The Hall–Kier alpha value is -3.50. The summed E-state index contributed by atoms with van der Waals surface area (Å²) in [5.74, 6) is 0.225. The molecule has 0 bridgehead atoms. The summed E-state index contributed by atoms with van der Waals surface area (Å²) in [6.45, 7) is 5.66. The molecule has 3 rings (SSSR count). The van der Waals surface area contributed by atoms with Crippen LogP contribution in [0, 0.1) is 0 Å². The Labute approximate surface area is 184 Å². The van der Waals surface area contributed by atoms with Gasteiger partial charge in [0.2, 0.25) is 5.95 Å². The number of benzene rings is 1. The number of nitrogens with one attached hydrogen (secondary N) is 2. The van der Waals surface area contributed by atoms with Crippen LogP contribution in [0.2, 0.25) is 0 Å². The maximum absolute atomic E-state index is 12.5. The highest BCUT2D eigenvalue weighted by Gasteiger charge is 2.19. The number of allylic oxidation sites excluding steroid dienone is 1. The Balaban J connectivity index is 1.93. The summed E-state index contributed by atoms with van der Waals surface area (Å²) in [6.07, 6.45) is 2.82. The number of hydrazone groups is 1. The third kappa shape index (κ3) is 5.59. The number of imidazole rings is 1. The number of hydrogen-bond donors (Lipinski definition) is 3. The van der Waals surface area contributed by atoms with Gasteiger partial charge in [-0.3, -0.25) is 14.3 Å². The molecule has 0 aliphatic heterocycles. The van der Waals surface area contributed by atoms with Crippen LogP contribution in [0.4, 0.5) is 5.95 Å². The van der Waals surface area contributed by atoms with E-state index in [4.69, 9.17) is 4.74 Å². The lowest BCUT2D eigenvalue weighted by atomic mass is 10.2. The Morgan fingerprint density at radius 1 is 1.31 bits per heavy atom. The number of ether oxygens (including phenoxy) is 1. The molecule has 1 aromatic carbocycles.